The summed E-state index contributed by atoms with van der Waals surface area (Å²) in [5, 5.41) is 19.8. The van der Waals surface area contributed by atoms with Crippen LogP contribution in [0.15, 0.2) is 156 Å². The van der Waals surface area contributed by atoms with Crippen LogP contribution in [0.3, 0.4) is 0 Å². The summed E-state index contributed by atoms with van der Waals surface area (Å²) in [5.74, 6) is 0. The van der Waals surface area contributed by atoms with Crippen molar-refractivity contribution in [1.82, 2.24) is 9.13 Å². The smallest absolute Gasteiger partial charge is 0.144 e. The molecule has 2 aromatic heterocycles. The highest BCUT2D eigenvalue weighted by molar-refractivity contribution is 6.10. The molecule has 6 aromatic carbocycles. The average molecular weight is 681 g/mol. The van der Waals surface area contributed by atoms with Crippen LogP contribution < -0.4 is 10.0 Å². The van der Waals surface area contributed by atoms with Gasteiger partial charge >= 0.3 is 0 Å². The van der Waals surface area contributed by atoms with Gasteiger partial charge in [-0.25, -0.2) is 10.0 Å². The Labute approximate surface area is 305 Å². The summed E-state index contributed by atoms with van der Waals surface area (Å²) in [5.41, 5.74) is 9.12. The highest BCUT2D eigenvalue weighted by atomic mass is 15.6. The van der Waals surface area contributed by atoms with Crippen molar-refractivity contribution in [2.24, 2.45) is 10.2 Å². The first-order valence-electron chi connectivity index (χ1n) is 18.5. The Morgan fingerprint density at radius 1 is 0.481 bits per heavy atom. The molecule has 0 spiro atoms. The minimum absolute atomic E-state index is 0.196. The summed E-state index contributed by atoms with van der Waals surface area (Å²) in [6, 6.07) is 51.6. The van der Waals surface area contributed by atoms with E-state index >= 15 is 0 Å². The van der Waals surface area contributed by atoms with Crippen molar-refractivity contribution in [2.45, 2.75) is 52.9 Å². The van der Waals surface area contributed by atoms with Crippen LogP contribution in [0.2, 0.25) is 0 Å². The van der Waals surface area contributed by atoms with Crippen LogP contribution in [0.4, 0.5) is 11.4 Å². The minimum Gasteiger partial charge on any atom is -0.341 e. The number of fused-ring (bicyclic) bond motifs is 6. The molecule has 6 heteroatoms. The van der Waals surface area contributed by atoms with Gasteiger partial charge in [0.1, 0.15) is 6.17 Å². The molecule has 258 valence electrons. The van der Waals surface area contributed by atoms with E-state index in [1.807, 2.05) is 12.4 Å². The summed E-state index contributed by atoms with van der Waals surface area (Å²) in [6.45, 7) is 8.48. The molecule has 0 saturated heterocycles. The molecule has 0 aliphatic carbocycles. The second-order valence-electron chi connectivity index (χ2n) is 13.2. The SMILES string of the molecule is CCCC(N(/N=C/c1ccc2c(c1)c1ccccc1n2CC)c1ccccc1)N(/N=C/c1ccc2c(c1)c1ccccc1n2CC)c1ccccc1. The lowest BCUT2D eigenvalue weighted by molar-refractivity contribution is 0.529. The fraction of sp³-hybridized carbons (Fsp3) is 0.174. The molecule has 0 bridgehead atoms. The van der Waals surface area contributed by atoms with Gasteiger partial charge in [-0.3, -0.25) is 0 Å². The van der Waals surface area contributed by atoms with E-state index < -0.39 is 0 Å². The average Bonchev–Trinajstić information content (AvgIpc) is 3.70. The van der Waals surface area contributed by atoms with Crippen molar-refractivity contribution < 1.29 is 0 Å². The van der Waals surface area contributed by atoms with Crippen molar-refractivity contribution in [1.29, 1.82) is 0 Å². The van der Waals surface area contributed by atoms with Gasteiger partial charge in [-0.15, -0.1) is 0 Å². The number of aryl methyl sites for hydroxylation is 2. The molecule has 0 aliphatic rings. The Morgan fingerprint density at radius 3 is 1.31 bits per heavy atom. The standard InChI is InChI=1S/C46H44N6/c1-4-17-46(51(36-18-9-7-10-19-36)47-32-34-26-28-44-40(30-34)38-22-13-15-24-42(38)49(44)5-2)52(37-20-11-8-12-21-37)48-33-35-27-29-45-41(31-35)39-23-14-16-25-43(39)50(45)6-3/h7-16,18-33,46H,4-6,17H2,1-3H3/b47-32+,48-33+. The molecule has 8 aromatic rings. The summed E-state index contributed by atoms with van der Waals surface area (Å²) >= 11 is 0. The molecular formula is C46H44N6. The van der Waals surface area contributed by atoms with Gasteiger partial charge in [0.25, 0.3) is 0 Å². The second kappa shape index (κ2) is 14.6. The van der Waals surface area contributed by atoms with Crippen molar-refractivity contribution in [2.75, 3.05) is 10.0 Å². The van der Waals surface area contributed by atoms with E-state index in [2.05, 4.69) is 186 Å². The van der Waals surface area contributed by atoms with Crippen molar-refractivity contribution in [3.8, 4) is 0 Å². The van der Waals surface area contributed by atoms with Gasteiger partial charge in [0.05, 0.1) is 23.8 Å². The van der Waals surface area contributed by atoms with Crippen LogP contribution in [-0.2, 0) is 13.1 Å². The molecule has 0 amide bonds. The first-order valence-corrected chi connectivity index (χ1v) is 18.5. The van der Waals surface area contributed by atoms with Gasteiger partial charge in [-0.05, 0) is 92.1 Å². The van der Waals surface area contributed by atoms with Crippen molar-refractivity contribution in [3.63, 3.8) is 0 Å². The summed E-state index contributed by atoms with van der Waals surface area (Å²) in [7, 11) is 0. The lowest BCUT2D eigenvalue weighted by Crippen LogP contribution is -2.44. The number of hydrogen-bond donors (Lipinski definition) is 0. The van der Waals surface area contributed by atoms with Crippen molar-refractivity contribution in [3.05, 3.63) is 157 Å². The number of aromatic nitrogens is 2. The molecule has 0 N–H and O–H groups in total. The maximum atomic E-state index is 5.27. The number of hydrogen-bond acceptors (Lipinski definition) is 4. The zero-order valence-electron chi connectivity index (χ0n) is 30.1. The number of benzene rings is 6. The van der Waals surface area contributed by atoms with Gasteiger partial charge in [0.15, 0.2) is 0 Å². The normalized spacial score (nSPS) is 12.1. The highest BCUT2D eigenvalue weighted by Gasteiger charge is 2.26. The Bertz CT molecular complexity index is 2350. The molecular weight excluding hydrogens is 637 g/mol. The van der Waals surface area contributed by atoms with Crippen LogP contribution >= 0.6 is 0 Å². The highest BCUT2D eigenvalue weighted by Crippen LogP contribution is 2.32. The Morgan fingerprint density at radius 2 is 0.885 bits per heavy atom. The van der Waals surface area contributed by atoms with Crippen molar-refractivity contribution >= 4 is 67.4 Å². The Balaban J connectivity index is 1.21. The quantitative estimate of drug-likeness (QED) is 0.0732. The Hall–Kier alpha value is -6.14. The van der Waals surface area contributed by atoms with E-state index in [-0.39, 0.29) is 6.17 Å². The van der Waals surface area contributed by atoms with Crippen LogP contribution in [0, 0.1) is 0 Å². The molecule has 52 heavy (non-hydrogen) atoms. The molecule has 8 rings (SSSR count). The minimum atomic E-state index is -0.196. The van der Waals surface area contributed by atoms with Gasteiger partial charge in [0.2, 0.25) is 0 Å². The zero-order chi connectivity index (χ0) is 35.4. The lowest BCUT2D eigenvalue weighted by atomic mass is 10.1. The lowest BCUT2D eigenvalue weighted by Gasteiger charge is -2.36. The van der Waals surface area contributed by atoms with Crippen LogP contribution in [0.5, 0.6) is 0 Å². The van der Waals surface area contributed by atoms with E-state index in [4.69, 9.17) is 10.2 Å². The van der Waals surface area contributed by atoms with E-state index in [0.717, 1.165) is 48.4 Å². The third-order valence-corrected chi connectivity index (χ3v) is 10.0. The van der Waals surface area contributed by atoms with Gasteiger partial charge in [-0.2, -0.15) is 10.2 Å². The van der Waals surface area contributed by atoms with E-state index in [1.165, 1.54) is 43.6 Å². The Kier molecular flexibility index (Phi) is 9.28. The van der Waals surface area contributed by atoms with E-state index in [1.54, 1.807) is 0 Å². The first-order chi connectivity index (χ1) is 25.7. The maximum Gasteiger partial charge on any atom is 0.144 e. The van der Waals surface area contributed by atoms with Gasteiger partial charge in [0, 0.05) is 56.7 Å². The molecule has 0 aliphatic heterocycles. The molecule has 6 nitrogen and oxygen atoms in total. The summed E-state index contributed by atoms with van der Waals surface area (Å²) < 4.78 is 4.77. The molecule has 2 heterocycles. The molecule has 0 atom stereocenters. The number of rotatable bonds is 12. The predicted octanol–water partition coefficient (Wildman–Crippen LogP) is 11.4. The molecule has 0 unspecified atom stereocenters. The molecule has 0 radical (unpaired) electrons. The fourth-order valence-corrected chi connectivity index (χ4v) is 7.64. The largest absolute Gasteiger partial charge is 0.341 e. The number of hydrazone groups is 2. The monoisotopic (exact) mass is 680 g/mol. The van der Waals surface area contributed by atoms with Crippen LogP contribution in [-0.4, -0.2) is 27.7 Å². The van der Waals surface area contributed by atoms with Gasteiger partial charge in [-0.1, -0.05) is 98.3 Å². The third kappa shape index (κ3) is 6.11. The van der Waals surface area contributed by atoms with E-state index in [0.29, 0.717) is 0 Å². The predicted molar refractivity (Wildman–Crippen MR) is 222 cm³/mol. The maximum absolute atomic E-state index is 5.27. The number of para-hydroxylation sites is 4. The van der Waals surface area contributed by atoms with Crippen LogP contribution in [0.25, 0.3) is 43.6 Å². The van der Waals surface area contributed by atoms with Crippen LogP contribution in [0.1, 0.15) is 44.7 Å². The van der Waals surface area contributed by atoms with E-state index in [9.17, 15) is 0 Å². The summed E-state index contributed by atoms with van der Waals surface area (Å²) in [6.07, 6.45) is 5.59. The number of anilines is 2. The summed E-state index contributed by atoms with van der Waals surface area (Å²) in [4.78, 5) is 0. The number of nitrogens with zero attached hydrogens (tertiary/aromatic N) is 6. The van der Waals surface area contributed by atoms with Gasteiger partial charge < -0.3 is 9.13 Å². The fourth-order valence-electron chi connectivity index (χ4n) is 7.64. The molecule has 0 saturated carbocycles. The zero-order valence-corrected chi connectivity index (χ0v) is 30.1. The first kappa shape index (κ1) is 33.0. The topological polar surface area (TPSA) is 41.1 Å². The molecule has 0 fully saturated rings. The second-order valence-corrected chi connectivity index (χ2v) is 13.2. The third-order valence-electron chi connectivity index (χ3n) is 10.0.